The van der Waals surface area contributed by atoms with Gasteiger partial charge in [0, 0.05) is 11.1 Å². The van der Waals surface area contributed by atoms with E-state index in [4.69, 9.17) is 4.74 Å². The van der Waals surface area contributed by atoms with Gasteiger partial charge in [-0.05, 0) is 35.2 Å². The summed E-state index contributed by atoms with van der Waals surface area (Å²) in [4.78, 5) is 56.0. The monoisotopic (exact) mass is 533 g/mol. The molecule has 0 unspecified atom stereocenters. The van der Waals surface area contributed by atoms with E-state index in [2.05, 4.69) is 0 Å². The van der Waals surface area contributed by atoms with E-state index in [-0.39, 0.29) is 22.7 Å². The molecule has 9 heteroatoms. The molecule has 0 N–H and O–H groups in total. The zero-order valence-electron chi connectivity index (χ0n) is 20.9. The highest BCUT2D eigenvalue weighted by molar-refractivity contribution is 6.37. The van der Waals surface area contributed by atoms with Crippen LogP contribution in [0.15, 0.2) is 72.8 Å². The van der Waals surface area contributed by atoms with Gasteiger partial charge in [-0.15, -0.1) is 0 Å². The van der Waals surface area contributed by atoms with Crippen molar-refractivity contribution in [3.05, 3.63) is 101 Å². The van der Waals surface area contributed by atoms with E-state index in [0.29, 0.717) is 16.5 Å². The van der Waals surface area contributed by atoms with Crippen molar-refractivity contribution in [3.63, 3.8) is 0 Å². The van der Waals surface area contributed by atoms with Crippen molar-refractivity contribution < 1.29 is 37.1 Å². The SMILES string of the molecule is CC(C)c1ccc([C@H]2OC3(C(=O)c4ccccc4C3=O)[C@H]3C(=O)N(c4cccc(C(F)(F)F)c4)C(=O)[C@H]23)cc1. The van der Waals surface area contributed by atoms with Gasteiger partial charge in [0.05, 0.1) is 29.2 Å². The van der Waals surface area contributed by atoms with Crippen LogP contribution in [0.3, 0.4) is 0 Å². The molecule has 2 aliphatic heterocycles. The fraction of sp³-hybridized carbons (Fsp3) is 0.267. The highest BCUT2D eigenvalue weighted by Gasteiger charge is 2.74. The van der Waals surface area contributed by atoms with Crippen LogP contribution in [0.25, 0.3) is 0 Å². The minimum absolute atomic E-state index is 0.0785. The summed E-state index contributed by atoms with van der Waals surface area (Å²) in [6, 6.07) is 17.0. The van der Waals surface area contributed by atoms with Gasteiger partial charge in [-0.1, -0.05) is 68.4 Å². The lowest BCUT2D eigenvalue weighted by Gasteiger charge is -2.27. The van der Waals surface area contributed by atoms with Gasteiger partial charge >= 0.3 is 6.18 Å². The molecule has 39 heavy (non-hydrogen) atoms. The van der Waals surface area contributed by atoms with Crippen LogP contribution in [0.2, 0.25) is 0 Å². The van der Waals surface area contributed by atoms with Crippen molar-refractivity contribution in [1.29, 1.82) is 0 Å². The zero-order chi connectivity index (χ0) is 27.9. The predicted octanol–water partition coefficient (Wildman–Crippen LogP) is 5.52. The van der Waals surface area contributed by atoms with Crippen LogP contribution in [0.1, 0.15) is 63.3 Å². The molecule has 1 spiro atoms. The molecule has 0 bridgehead atoms. The molecule has 198 valence electrons. The molecule has 0 aromatic heterocycles. The third-order valence-corrected chi connectivity index (χ3v) is 7.88. The molecule has 3 aliphatic rings. The normalized spacial score (nSPS) is 23.7. The van der Waals surface area contributed by atoms with E-state index in [0.717, 1.165) is 17.7 Å². The van der Waals surface area contributed by atoms with Crippen LogP contribution in [0.5, 0.6) is 0 Å². The lowest BCUT2D eigenvalue weighted by Crippen LogP contribution is -2.51. The molecule has 2 amide bonds. The van der Waals surface area contributed by atoms with Crippen LogP contribution in [-0.4, -0.2) is 29.0 Å². The predicted molar refractivity (Wildman–Crippen MR) is 133 cm³/mol. The number of benzene rings is 3. The number of halogens is 3. The fourth-order valence-electron chi connectivity index (χ4n) is 5.96. The van der Waals surface area contributed by atoms with Crippen molar-refractivity contribution in [2.45, 2.75) is 37.6 Å². The molecule has 0 saturated carbocycles. The lowest BCUT2D eigenvalue weighted by atomic mass is 9.77. The van der Waals surface area contributed by atoms with Gasteiger partial charge in [-0.25, -0.2) is 4.90 Å². The summed E-state index contributed by atoms with van der Waals surface area (Å²) in [5.74, 6) is -5.85. The van der Waals surface area contributed by atoms with E-state index < -0.39 is 58.7 Å². The second-order valence-corrected chi connectivity index (χ2v) is 10.4. The Balaban J connectivity index is 1.51. The Bertz CT molecular complexity index is 1520. The Hall–Kier alpha value is -4.11. The minimum Gasteiger partial charge on any atom is -0.349 e. The molecule has 6 rings (SSSR count). The second kappa shape index (κ2) is 8.44. The maximum atomic E-state index is 13.9. The Kier molecular flexibility index (Phi) is 5.45. The second-order valence-electron chi connectivity index (χ2n) is 10.4. The van der Waals surface area contributed by atoms with Crippen LogP contribution < -0.4 is 4.90 Å². The molecule has 3 aromatic carbocycles. The molecular weight excluding hydrogens is 511 g/mol. The summed E-state index contributed by atoms with van der Waals surface area (Å²) in [6.45, 7) is 4.01. The van der Waals surface area contributed by atoms with Crippen LogP contribution >= 0.6 is 0 Å². The summed E-state index contributed by atoms with van der Waals surface area (Å²) >= 11 is 0. The highest BCUT2D eigenvalue weighted by atomic mass is 19.4. The third-order valence-electron chi connectivity index (χ3n) is 7.88. The number of anilines is 1. The van der Waals surface area contributed by atoms with Crippen molar-refractivity contribution in [1.82, 2.24) is 0 Å². The molecule has 2 heterocycles. The average Bonchev–Trinajstić information content (AvgIpc) is 3.48. The van der Waals surface area contributed by atoms with Crippen molar-refractivity contribution in [3.8, 4) is 0 Å². The van der Waals surface area contributed by atoms with Gasteiger partial charge < -0.3 is 4.74 Å². The summed E-state index contributed by atoms with van der Waals surface area (Å²) in [7, 11) is 0. The minimum atomic E-state index is -4.71. The number of carbonyl (C=O) groups excluding carboxylic acids is 4. The Morgan fingerprint density at radius 1 is 0.821 bits per heavy atom. The zero-order valence-corrected chi connectivity index (χ0v) is 20.9. The van der Waals surface area contributed by atoms with E-state index in [1.807, 2.05) is 26.0 Å². The first-order chi connectivity index (χ1) is 18.5. The molecule has 3 aromatic rings. The number of Topliss-reactive ketones (excluding diaryl/α,β-unsaturated/α-hetero) is 2. The summed E-state index contributed by atoms with van der Waals surface area (Å²) in [6.07, 6.45) is -5.85. The first-order valence-electron chi connectivity index (χ1n) is 12.5. The number of carbonyl (C=O) groups is 4. The number of alkyl halides is 3. The topological polar surface area (TPSA) is 80.8 Å². The Morgan fingerprint density at radius 3 is 2.00 bits per heavy atom. The third kappa shape index (κ3) is 3.45. The summed E-state index contributed by atoms with van der Waals surface area (Å²) in [5, 5.41) is 0. The Labute approximate surface area is 221 Å². The van der Waals surface area contributed by atoms with Gasteiger partial charge in [0.25, 0.3) is 0 Å². The first-order valence-corrected chi connectivity index (χ1v) is 12.5. The smallest absolute Gasteiger partial charge is 0.349 e. The van der Waals surface area contributed by atoms with E-state index in [1.165, 1.54) is 18.2 Å². The maximum absolute atomic E-state index is 13.9. The number of fused-ring (bicyclic) bond motifs is 3. The number of hydrogen-bond donors (Lipinski definition) is 0. The fourth-order valence-corrected chi connectivity index (χ4v) is 5.96. The standard InChI is InChI=1S/C30H22F3NO5/c1-15(2)16-10-12-17(13-11-16)24-22-23(29(39-24)25(35)20-8-3-4-9-21(20)26(29)36)28(38)34(27(22)37)19-7-5-6-18(14-19)30(31,32)33/h3-15,22-24H,1-2H3/t22-,23+,24+/m0/s1. The number of hydrogen-bond acceptors (Lipinski definition) is 5. The van der Waals surface area contributed by atoms with Gasteiger partial charge in [-0.3, -0.25) is 19.2 Å². The molecule has 6 nitrogen and oxygen atoms in total. The summed E-state index contributed by atoms with van der Waals surface area (Å²) < 4.78 is 46.6. The van der Waals surface area contributed by atoms with Crippen LogP contribution in [0.4, 0.5) is 18.9 Å². The van der Waals surface area contributed by atoms with Crippen molar-refractivity contribution in [2.75, 3.05) is 4.90 Å². The quantitative estimate of drug-likeness (QED) is 0.327. The van der Waals surface area contributed by atoms with E-state index in [9.17, 15) is 32.3 Å². The van der Waals surface area contributed by atoms with Crippen LogP contribution in [0, 0.1) is 11.8 Å². The molecule has 2 saturated heterocycles. The molecule has 1 aliphatic carbocycles. The lowest BCUT2D eigenvalue weighted by molar-refractivity contribution is -0.137. The number of amides is 2. The Morgan fingerprint density at radius 2 is 1.44 bits per heavy atom. The number of ether oxygens (including phenoxy) is 1. The maximum Gasteiger partial charge on any atom is 0.416 e. The number of nitrogens with zero attached hydrogens (tertiary/aromatic N) is 1. The van der Waals surface area contributed by atoms with Gasteiger partial charge in [0.2, 0.25) is 29.0 Å². The molecule has 2 fully saturated rings. The van der Waals surface area contributed by atoms with Gasteiger partial charge in [-0.2, -0.15) is 13.2 Å². The van der Waals surface area contributed by atoms with E-state index >= 15 is 0 Å². The molecule has 0 radical (unpaired) electrons. The number of ketones is 2. The van der Waals surface area contributed by atoms with E-state index in [1.54, 1.807) is 24.3 Å². The number of imide groups is 1. The highest BCUT2D eigenvalue weighted by Crippen LogP contribution is 2.57. The van der Waals surface area contributed by atoms with Crippen molar-refractivity contribution >= 4 is 29.1 Å². The average molecular weight is 534 g/mol. The largest absolute Gasteiger partial charge is 0.416 e. The molecular formula is C30H22F3NO5. The number of rotatable bonds is 3. The van der Waals surface area contributed by atoms with Crippen molar-refractivity contribution in [2.24, 2.45) is 11.8 Å². The van der Waals surface area contributed by atoms with Gasteiger partial charge in [0.1, 0.15) is 0 Å². The van der Waals surface area contributed by atoms with Crippen LogP contribution in [-0.2, 0) is 20.5 Å². The molecule has 3 atom stereocenters. The summed E-state index contributed by atoms with van der Waals surface area (Å²) in [5.41, 5.74) is -1.97. The first kappa shape index (κ1) is 25.2. The van der Waals surface area contributed by atoms with Gasteiger partial charge in [0.15, 0.2) is 0 Å².